The van der Waals surface area contributed by atoms with Crippen LogP contribution in [0.2, 0.25) is 0 Å². The van der Waals surface area contributed by atoms with Crippen LogP contribution in [0.15, 0.2) is 60.7 Å². The molecule has 4 nitrogen and oxygen atoms in total. The Bertz CT molecular complexity index is 1130. The SMILES string of the molecule is CCCN(C(=O)c1ccc(F)cc1F)c1cccc(NC(=O)c2ccc(F)cc2F)c1. The van der Waals surface area contributed by atoms with Crippen molar-refractivity contribution in [2.24, 2.45) is 0 Å². The molecule has 0 fully saturated rings. The van der Waals surface area contributed by atoms with Gasteiger partial charge in [-0.3, -0.25) is 9.59 Å². The number of carbonyl (C=O) groups excluding carboxylic acids is 2. The summed E-state index contributed by atoms with van der Waals surface area (Å²) in [4.78, 5) is 26.5. The van der Waals surface area contributed by atoms with Crippen molar-refractivity contribution in [3.63, 3.8) is 0 Å². The van der Waals surface area contributed by atoms with Crippen LogP contribution in [-0.4, -0.2) is 18.4 Å². The second-order valence-corrected chi connectivity index (χ2v) is 6.71. The molecule has 0 heterocycles. The minimum Gasteiger partial charge on any atom is -0.322 e. The fourth-order valence-electron chi connectivity index (χ4n) is 3.00. The molecule has 8 heteroatoms. The quantitative estimate of drug-likeness (QED) is 0.521. The Kier molecular flexibility index (Phi) is 6.69. The number of benzene rings is 3. The maximum atomic E-state index is 14.1. The van der Waals surface area contributed by atoms with Crippen molar-refractivity contribution >= 4 is 23.2 Å². The van der Waals surface area contributed by atoms with Gasteiger partial charge in [-0.05, 0) is 48.9 Å². The third-order valence-corrected chi connectivity index (χ3v) is 4.45. The monoisotopic (exact) mass is 430 g/mol. The van der Waals surface area contributed by atoms with E-state index < -0.39 is 35.1 Å². The van der Waals surface area contributed by atoms with E-state index in [0.29, 0.717) is 24.2 Å². The summed E-state index contributed by atoms with van der Waals surface area (Å²) < 4.78 is 54.2. The standard InChI is InChI=1S/C23H18F4N2O2/c1-2-10-29(23(31)19-9-7-15(25)12-21(19)27)17-5-3-4-16(13-17)28-22(30)18-8-6-14(24)11-20(18)26/h3-9,11-13H,2,10H2,1H3,(H,28,30). The van der Waals surface area contributed by atoms with Crippen LogP contribution in [0, 0.1) is 23.3 Å². The molecule has 0 unspecified atom stereocenters. The molecular formula is C23H18F4N2O2. The van der Waals surface area contributed by atoms with Gasteiger partial charge in [0, 0.05) is 30.1 Å². The van der Waals surface area contributed by atoms with Gasteiger partial charge in [0.15, 0.2) is 0 Å². The van der Waals surface area contributed by atoms with E-state index in [1.54, 1.807) is 12.1 Å². The van der Waals surface area contributed by atoms with E-state index in [1.165, 1.54) is 17.0 Å². The highest BCUT2D eigenvalue weighted by molar-refractivity contribution is 6.07. The normalized spacial score (nSPS) is 10.6. The summed E-state index contributed by atoms with van der Waals surface area (Å²) >= 11 is 0. The van der Waals surface area contributed by atoms with Crippen LogP contribution in [0.4, 0.5) is 28.9 Å². The van der Waals surface area contributed by atoms with Crippen LogP contribution in [0.25, 0.3) is 0 Å². The molecule has 0 saturated carbocycles. The second-order valence-electron chi connectivity index (χ2n) is 6.71. The fourth-order valence-corrected chi connectivity index (χ4v) is 3.00. The fraction of sp³-hybridized carbons (Fsp3) is 0.130. The zero-order chi connectivity index (χ0) is 22.5. The molecule has 3 aromatic carbocycles. The van der Waals surface area contributed by atoms with Crippen LogP contribution >= 0.6 is 0 Å². The van der Waals surface area contributed by atoms with E-state index in [2.05, 4.69) is 5.32 Å². The molecule has 3 aromatic rings. The summed E-state index contributed by atoms with van der Waals surface area (Å²) in [6, 6.07) is 11.4. The van der Waals surface area contributed by atoms with Crippen LogP contribution < -0.4 is 10.2 Å². The molecule has 2 amide bonds. The van der Waals surface area contributed by atoms with Crippen molar-refractivity contribution in [2.45, 2.75) is 13.3 Å². The van der Waals surface area contributed by atoms with Gasteiger partial charge in [-0.1, -0.05) is 13.0 Å². The van der Waals surface area contributed by atoms with E-state index >= 15 is 0 Å². The Hall–Kier alpha value is -3.68. The van der Waals surface area contributed by atoms with Crippen LogP contribution in [0.5, 0.6) is 0 Å². The lowest BCUT2D eigenvalue weighted by atomic mass is 10.1. The Labute approximate surface area is 176 Å². The highest BCUT2D eigenvalue weighted by Gasteiger charge is 2.21. The zero-order valence-corrected chi connectivity index (χ0v) is 16.5. The second kappa shape index (κ2) is 9.42. The largest absolute Gasteiger partial charge is 0.322 e. The van der Waals surface area contributed by atoms with Crippen molar-refractivity contribution in [3.8, 4) is 0 Å². The Morgan fingerprint density at radius 3 is 2.03 bits per heavy atom. The zero-order valence-electron chi connectivity index (χ0n) is 16.5. The maximum absolute atomic E-state index is 14.1. The van der Waals surface area contributed by atoms with Gasteiger partial charge in [-0.2, -0.15) is 0 Å². The number of halogens is 4. The smallest absolute Gasteiger partial charge is 0.261 e. The molecule has 0 radical (unpaired) electrons. The van der Waals surface area contributed by atoms with Crippen molar-refractivity contribution < 1.29 is 27.2 Å². The van der Waals surface area contributed by atoms with Gasteiger partial charge < -0.3 is 10.2 Å². The van der Waals surface area contributed by atoms with Crippen LogP contribution in [-0.2, 0) is 0 Å². The average Bonchev–Trinajstić information content (AvgIpc) is 2.71. The number of nitrogens with one attached hydrogen (secondary N) is 1. The van der Waals surface area contributed by atoms with Crippen LogP contribution in [0.1, 0.15) is 34.1 Å². The summed E-state index contributed by atoms with van der Waals surface area (Å²) in [6.45, 7) is 2.06. The average molecular weight is 430 g/mol. The molecule has 0 aliphatic heterocycles. The van der Waals surface area contributed by atoms with Gasteiger partial charge in [0.2, 0.25) is 0 Å². The first-order valence-electron chi connectivity index (χ1n) is 9.43. The van der Waals surface area contributed by atoms with E-state index in [9.17, 15) is 27.2 Å². The third-order valence-electron chi connectivity index (χ3n) is 4.45. The number of carbonyl (C=O) groups is 2. The first kappa shape index (κ1) is 22.0. The molecule has 0 bridgehead atoms. The number of hydrogen-bond donors (Lipinski definition) is 1. The maximum Gasteiger partial charge on any atom is 0.261 e. The predicted molar refractivity (Wildman–Crippen MR) is 109 cm³/mol. The molecule has 0 aliphatic rings. The predicted octanol–water partition coefficient (Wildman–Crippen LogP) is 5.55. The molecule has 3 rings (SSSR count). The number of anilines is 2. The lowest BCUT2D eigenvalue weighted by molar-refractivity contribution is 0.0981. The van der Waals surface area contributed by atoms with Crippen LogP contribution in [0.3, 0.4) is 0 Å². The highest BCUT2D eigenvalue weighted by atomic mass is 19.1. The first-order chi connectivity index (χ1) is 14.8. The van der Waals surface area contributed by atoms with Gasteiger partial charge in [0.25, 0.3) is 11.8 Å². The lowest BCUT2D eigenvalue weighted by Crippen LogP contribution is -2.32. The molecule has 0 aliphatic carbocycles. The number of amides is 2. The molecule has 1 N–H and O–H groups in total. The Balaban J connectivity index is 1.88. The topological polar surface area (TPSA) is 49.4 Å². The summed E-state index contributed by atoms with van der Waals surface area (Å²) in [5, 5.41) is 2.49. The Morgan fingerprint density at radius 1 is 0.839 bits per heavy atom. The number of nitrogens with zero attached hydrogens (tertiary/aromatic N) is 1. The van der Waals surface area contributed by atoms with Gasteiger partial charge in [-0.15, -0.1) is 0 Å². The number of hydrogen-bond acceptors (Lipinski definition) is 2. The van der Waals surface area contributed by atoms with Crippen molar-refractivity contribution in [3.05, 3.63) is 95.1 Å². The van der Waals surface area contributed by atoms with Crippen molar-refractivity contribution in [1.82, 2.24) is 0 Å². The minimum atomic E-state index is -1.01. The van der Waals surface area contributed by atoms with Gasteiger partial charge >= 0.3 is 0 Å². The van der Waals surface area contributed by atoms with E-state index in [-0.39, 0.29) is 23.4 Å². The Morgan fingerprint density at radius 2 is 1.45 bits per heavy atom. The van der Waals surface area contributed by atoms with E-state index in [4.69, 9.17) is 0 Å². The third kappa shape index (κ3) is 5.09. The molecule has 31 heavy (non-hydrogen) atoms. The minimum absolute atomic E-state index is 0.236. The summed E-state index contributed by atoms with van der Waals surface area (Å²) in [5.41, 5.74) is -0.0352. The molecule has 0 spiro atoms. The molecular weight excluding hydrogens is 412 g/mol. The number of rotatable bonds is 6. The van der Waals surface area contributed by atoms with Gasteiger partial charge in [-0.25, -0.2) is 17.6 Å². The van der Waals surface area contributed by atoms with Gasteiger partial charge in [0.05, 0.1) is 11.1 Å². The first-order valence-corrected chi connectivity index (χ1v) is 9.43. The molecule has 0 atom stereocenters. The van der Waals surface area contributed by atoms with E-state index in [1.807, 2.05) is 6.92 Å². The van der Waals surface area contributed by atoms with Gasteiger partial charge in [0.1, 0.15) is 23.3 Å². The van der Waals surface area contributed by atoms with Crippen molar-refractivity contribution in [1.29, 1.82) is 0 Å². The summed E-state index contributed by atoms with van der Waals surface area (Å²) in [5.74, 6) is -5.07. The summed E-state index contributed by atoms with van der Waals surface area (Å²) in [6.07, 6.45) is 0.548. The van der Waals surface area contributed by atoms with Crippen molar-refractivity contribution in [2.75, 3.05) is 16.8 Å². The molecule has 160 valence electrons. The highest BCUT2D eigenvalue weighted by Crippen LogP contribution is 2.24. The summed E-state index contributed by atoms with van der Waals surface area (Å²) in [7, 11) is 0. The molecule has 0 aromatic heterocycles. The molecule has 0 saturated heterocycles. The lowest BCUT2D eigenvalue weighted by Gasteiger charge is -2.23. The van der Waals surface area contributed by atoms with E-state index in [0.717, 1.165) is 24.3 Å².